The minimum absolute atomic E-state index is 0.192. The van der Waals surface area contributed by atoms with Crippen molar-refractivity contribution in [3.8, 4) is 0 Å². The Bertz CT molecular complexity index is 686. The molecule has 0 aliphatic rings. The highest BCUT2D eigenvalue weighted by Crippen LogP contribution is 2.20. The molecule has 0 aliphatic carbocycles. The van der Waals surface area contributed by atoms with E-state index in [1.807, 2.05) is 0 Å². The molecule has 0 unspecified atom stereocenters. The maximum Gasteiger partial charge on any atom is 0.255 e. The first-order valence-electron chi connectivity index (χ1n) is 5.70. The summed E-state index contributed by atoms with van der Waals surface area (Å²) in [6.45, 7) is 1.77. The van der Waals surface area contributed by atoms with Gasteiger partial charge in [0.1, 0.15) is 5.82 Å². The van der Waals surface area contributed by atoms with E-state index in [1.54, 1.807) is 13.0 Å². The highest BCUT2D eigenvalue weighted by Gasteiger charge is 2.13. The average Bonchev–Trinajstić information content (AvgIpc) is 2.39. The van der Waals surface area contributed by atoms with Crippen LogP contribution in [0.5, 0.6) is 0 Å². The first-order chi connectivity index (χ1) is 9.38. The van der Waals surface area contributed by atoms with Crippen molar-refractivity contribution in [1.82, 2.24) is 0 Å². The quantitative estimate of drug-likeness (QED) is 0.655. The molecule has 1 amide bonds. The Labute approximate surface area is 113 Å². The molecule has 0 heterocycles. The minimum atomic E-state index is -1.32. The van der Waals surface area contributed by atoms with Crippen LogP contribution in [0.4, 0.5) is 24.5 Å². The van der Waals surface area contributed by atoms with Gasteiger partial charge in [-0.1, -0.05) is 6.07 Å². The van der Waals surface area contributed by atoms with E-state index >= 15 is 0 Å². The Morgan fingerprint density at radius 1 is 1.05 bits per heavy atom. The number of hydrogen-bond acceptors (Lipinski definition) is 2. The van der Waals surface area contributed by atoms with Gasteiger partial charge in [-0.25, -0.2) is 13.2 Å². The van der Waals surface area contributed by atoms with Crippen LogP contribution in [0.25, 0.3) is 0 Å². The highest BCUT2D eigenvalue weighted by atomic mass is 19.2. The standard InChI is InChI=1S/C14H11F3N2O/c1-7-2-3-8(4-12(7)18)14(20)19-13-6-10(16)9(15)5-11(13)17/h2-6H,18H2,1H3,(H,19,20). The zero-order valence-corrected chi connectivity index (χ0v) is 10.5. The van der Waals surface area contributed by atoms with E-state index < -0.39 is 29.0 Å². The Morgan fingerprint density at radius 3 is 2.35 bits per heavy atom. The van der Waals surface area contributed by atoms with Crippen molar-refractivity contribution in [2.45, 2.75) is 6.92 Å². The van der Waals surface area contributed by atoms with Crippen molar-refractivity contribution in [2.24, 2.45) is 0 Å². The number of nitrogens with one attached hydrogen (secondary N) is 1. The lowest BCUT2D eigenvalue weighted by Crippen LogP contribution is -2.14. The van der Waals surface area contributed by atoms with Gasteiger partial charge < -0.3 is 11.1 Å². The van der Waals surface area contributed by atoms with E-state index in [-0.39, 0.29) is 5.56 Å². The average molecular weight is 280 g/mol. The molecule has 0 saturated carbocycles. The summed E-state index contributed by atoms with van der Waals surface area (Å²) in [6, 6.07) is 5.50. The van der Waals surface area contributed by atoms with Gasteiger partial charge >= 0.3 is 0 Å². The summed E-state index contributed by atoms with van der Waals surface area (Å²) in [5.74, 6) is -4.29. The zero-order valence-electron chi connectivity index (χ0n) is 10.5. The van der Waals surface area contributed by atoms with Gasteiger partial charge in [-0.05, 0) is 24.6 Å². The van der Waals surface area contributed by atoms with Gasteiger partial charge in [0.15, 0.2) is 11.6 Å². The van der Waals surface area contributed by atoms with Crippen LogP contribution in [-0.2, 0) is 0 Å². The van der Waals surface area contributed by atoms with Gasteiger partial charge in [0, 0.05) is 23.4 Å². The van der Waals surface area contributed by atoms with Gasteiger partial charge in [-0.2, -0.15) is 0 Å². The van der Waals surface area contributed by atoms with Crippen molar-refractivity contribution < 1.29 is 18.0 Å². The maximum absolute atomic E-state index is 13.4. The maximum atomic E-state index is 13.4. The molecule has 6 heteroatoms. The number of carbonyl (C=O) groups is 1. The number of nitrogen functional groups attached to an aromatic ring is 1. The fraction of sp³-hybridized carbons (Fsp3) is 0.0714. The third-order valence-electron chi connectivity index (χ3n) is 2.80. The molecule has 0 aromatic heterocycles. The van der Waals surface area contributed by atoms with Crippen molar-refractivity contribution in [2.75, 3.05) is 11.1 Å². The fourth-order valence-corrected chi connectivity index (χ4v) is 1.59. The van der Waals surface area contributed by atoms with Gasteiger partial charge in [0.25, 0.3) is 5.91 Å². The van der Waals surface area contributed by atoms with Crippen LogP contribution in [0.3, 0.4) is 0 Å². The second-order valence-electron chi connectivity index (χ2n) is 4.27. The van der Waals surface area contributed by atoms with Gasteiger partial charge in [-0.3, -0.25) is 4.79 Å². The first-order valence-corrected chi connectivity index (χ1v) is 5.70. The molecule has 20 heavy (non-hydrogen) atoms. The normalized spacial score (nSPS) is 10.4. The van der Waals surface area contributed by atoms with Gasteiger partial charge in [0.2, 0.25) is 0 Å². The second kappa shape index (κ2) is 5.24. The van der Waals surface area contributed by atoms with E-state index in [0.717, 1.165) is 5.56 Å². The summed E-state index contributed by atoms with van der Waals surface area (Å²) < 4.78 is 39.2. The predicted octanol–water partition coefficient (Wildman–Crippen LogP) is 3.25. The van der Waals surface area contributed by atoms with Crippen LogP contribution in [0, 0.1) is 24.4 Å². The van der Waals surface area contributed by atoms with E-state index in [1.165, 1.54) is 12.1 Å². The summed E-state index contributed by atoms with van der Waals surface area (Å²) in [6.07, 6.45) is 0. The highest BCUT2D eigenvalue weighted by molar-refractivity contribution is 6.04. The molecule has 3 N–H and O–H groups in total. The topological polar surface area (TPSA) is 55.1 Å². The largest absolute Gasteiger partial charge is 0.398 e. The number of nitrogens with two attached hydrogens (primary N) is 1. The summed E-state index contributed by atoms with van der Waals surface area (Å²) in [7, 11) is 0. The molecule has 2 aromatic carbocycles. The van der Waals surface area contributed by atoms with Crippen molar-refractivity contribution >= 4 is 17.3 Å². The Morgan fingerprint density at radius 2 is 1.70 bits per heavy atom. The summed E-state index contributed by atoms with van der Waals surface area (Å²) in [5, 5.41) is 2.17. The van der Waals surface area contributed by atoms with Crippen molar-refractivity contribution in [3.05, 3.63) is 58.9 Å². The molecular formula is C14H11F3N2O. The van der Waals surface area contributed by atoms with Gasteiger partial charge in [-0.15, -0.1) is 0 Å². The molecule has 0 radical (unpaired) electrons. The third kappa shape index (κ3) is 2.74. The smallest absolute Gasteiger partial charge is 0.255 e. The van der Waals surface area contributed by atoms with Crippen LogP contribution in [0.2, 0.25) is 0 Å². The predicted molar refractivity (Wildman–Crippen MR) is 69.9 cm³/mol. The van der Waals surface area contributed by atoms with Crippen LogP contribution >= 0.6 is 0 Å². The Kier molecular flexibility index (Phi) is 3.65. The number of hydrogen-bond donors (Lipinski definition) is 2. The molecule has 0 atom stereocenters. The molecule has 2 aromatic rings. The monoisotopic (exact) mass is 280 g/mol. The second-order valence-corrected chi connectivity index (χ2v) is 4.27. The van der Waals surface area contributed by atoms with Crippen LogP contribution in [0.1, 0.15) is 15.9 Å². The molecule has 0 bridgehead atoms. The molecule has 0 fully saturated rings. The van der Waals surface area contributed by atoms with Crippen molar-refractivity contribution in [1.29, 1.82) is 0 Å². The van der Waals surface area contributed by atoms with E-state index in [2.05, 4.69) is 5.32 Å². The fourth-order valence-electron chi connectivity index (χ4n) is 1.59. The van der Waals surface area contributed by atoms with E-state index in [0.29, 0.717) is 17.8 Å². The number of halogens is 3. The first kappa shape index (κ1) is 13.9. The molecule has 0 saturated heterocycles. The lowest BCUT2D eigenvalue weighted by molar-refractivity contribution is 0.102. The summed E-state index contributed by atoms with van der Waals surface area (Å²) in [5.41, 5.74) is 6.62. The lowest BCUT2D eigenvalue weighted by atomic mass is 10.1. The number of anilines is 2. The molecule has 3 nitrogen and oxygen atoms in total. The number of benzene rings is 2. The molecule has 2 rings (SSSR count). The molecule has 104 valence electrons. The van der Waals surface area contributed by atoms with Crippen molar-refractivity contribution in [3.63, 3.8) is 0 Å². The minimum Gasteiger partial charge on any atom is -0.398 e. The summed E-state index contributed by atoms with van der Waals surface area (Å²) >= 11 is 0. The SMILES string of the molecule is Cc1ccc(C(=O)Nc2cc(F)c(F)cc2F)cc1N. The van der Waals surface area contributed by atoms with E-state index in [4.69, 9.17) is 5.73 Å². The van der Waals surface area contributed by atoms with Gasteiger partial charge in [0.05, 0.1) is 5.69 Å². The molecule has 0 aliphatic heterocycles. The number of amides is 1. The lowest BCUT2D eigenvalue weighted by Gasteiger charge is -2.08. The number of carbonyl (C=O) groups excluding carboxylic acids is 1. The number of aryl methyl sites for hydroxylation is 1. The Balaban J connectivity index is 2.27. The number of rotatable bonds is 2. The zero-order chi connectivity index (χ0) is 14.9. The Hall–Kier alpha value is -2.50. The van der Waals surface area contributed by atoms with E-state index in [9.17, 15) is 18.0 Å². The third-order valence-corrected chi connectivity index (χ3v) is 2.80. The molecule has 0 spiro atoms. The molecular weight excluding hydrogens is 269 g/mol. The van der Waals surface area contributed by atoms with Crippen LogP contribution < -0.4 is 11.1 Å². The van der Waals surface area contributed by atoms with Crippen LogP contribution in [0.15, 0.2) is 30.3 Å². The summed E-state index contributed by atoms with van der Waals surface area (Å²) in [4.78, 5) is 11.9. The van der Waals surface area contributed by atoms with Crippen LogP contribution in [-0.4, -0.2) is 5.91 Å².